The minimum atomic E-state index is -0.845. The van der Waals surface area contributed by atoms with Crippen molar-refractivity contribution in [3.63, 3.8) is 0 Å². The van der Waals surface area contributed by atoms with E-state index in [4.69, 9.17) is 4.74 Å². The molecule has 0 aromatic heterocycles. The average molecular weight is 606 g/mol. The van der Waals surface area contributed by atoms with Gasteiger partial charge in [-0.05, 0) is 44.9 Å². The second-order valence-electron chi connectivity index (χ2n) is 13.0. The van der Waals surface area contributed by atoms with Crippen molar-refractivity contribution in [2.45, 2.75) is 205 Å². The van der Waals surface area contributed by atoms with E-state index in [1.807, 2.05) is 6.08 Å². The molecule has 252 valence electrons. The fraction of sp³-hybridized carbons (Fsp3) is 0.868. The molecule has 1 rings (SSSR count). The number of ether oxygens (including phenoxy) is 1. The Morgan fingerprint density at radius 1 is 0.674 bits per heavy atom. The summed E-state index contributed by atoms with van der Waals surface area (Å²) in [5.74, 6) is -0.0822. The molecular formula is C38H71NO4. The Balaban J connectivity index is 1.92. The summed E-state index contributed by atoms with van der Waals surface area (Å²) < 4.78 is 5.74. The molecule has 1 aliphatic heterocycles. The highest BCUT2D eigenvalue weighted by Crippen LogP contribution is 2.30. The van der Waals surface area contributed by atoms with Gasteiger partial charge in [-0.25, -0.2) is 0 Å². The summed E-state index contributed by atoms with van der Waals surface area (Å²) in [5.41, 5.74) is 0. The van der Waals surface area contributed by atoms with E-state index in [0.29, 0.717) is 18.6 Å². The van der Waals surface area contributed by atoms with Gasteiger partial charge < -0.3 is 20.3 Å². The topological polar surface area (TPSA) is 82.1 Å². The van der Waals surface area contributed by atoms with Crippen LogP contribution in [0.15, 0.2) is 24.3 Å². The number of aliphatic hydroxyl groups excluding tert-OH is 2. The molecule has 1 amide bonds. The number of hydrogen-bond donors (Lipinski definition) is 3. The zero-order chi connectivity index (χ0) is 31.2. The maximum Gasteiger partial charge on any atom is 0.220 e. The Labute approximate surface area is 266 Å². The minimum Gasteiger partial charge on any atom is -0.394 e. The predicted molar refractivity (Wildman–Crippen MR) is 183 cm³/mol. The van der Waals surface area contributed by atoms with Gasteiger partial charge in [-0.15, -0.1) is 0 Å². The van der Waals surface area contributed by atoms with E-state index in [2.05, 4.69) is 31.3 Å². The molecule has 4 atom stereocenters. The van der Waals surface area contributed by atoms with Crippen LogP contribution in [-0.4, -0.2) is 47.1 Å². The molecule has 0 spiro atoms. The van der Waals surface area contributed by atoms with Crippen molar-refractivity contribution in [1.29, 1.82) is 0 Å². The maximum atomic E-state index is 12.3. The predicted octanol–water partition coefficient (Wildman–Crippen LogP) is 9.89. The van der Waals surface area contributed by atoms with Crippen LogP contribution in [0, 0.1) is 0 Å². The summed E-state index contributed by atoms with van der Waals surface area (Å²) in [6.07, 6.45) is 40.0. The zero-order valence-electron chi connectivity index (χ0n) is 28.4. The first-order chi connectivity index (χ1) is 21.1. The molecule has 0 saturated carbocycles. The highest BCUT2D eigenvalue weighted by atomic mass is 16.6. The molecule has 2 unspecified atom stereocenters. The summed E-state index contributed by atoms with van der Waals surface area (Å²) >= 11 is 0. The lowest BCUT2D eigenvalue weighted by Gasteiger charge is -2.20. The number of allylic oxidation sites excluding steroid dienone is 2. The average Bonchev–Trinajstić information content (AvgIpc) is 3.76. The number of aliphatic hydroxyl groups is 2. The van der Waals surface area contributed by atoms with Crippen LogP contribution in [0.5, 0.6) is 0 Å². The molecule has 3 N–H and O–H groups in total. The molecule has 1 aliphatic rings. The van der Waals surface area contributed by atoms with Crippen LogP contribution in [0.2, 0.25) is 0 Å². The summed E-state index contributed by atoms with van der Waals surface area (Å²) in [7, 11) is 0. The second kappa shape index (κ2) is 29.5. The van der Waals surface area contributed by atoms with E-state index in [0.717, 1.165) is 44.9 Å². The number of carbonyl (C=O) groups is 1. The monoisotopic (exact) mass is 606 g/mol. The molecule has 0 aliphatic carbocycles. The third-order valence-electron chi connectivity index (χ3n) is 8.85. The van der Waals surface area contributed by atoms with Gasteiger partial charge in [0.1, 0.15) is 0 Å². The third-order valence-corrected chi connectivity index (χ3v) is 8.85. The van der Waals surface area contributed by atoms with Crippen LogP contribution in [0.1, 0.15) is 181 Å². The molecule has 1 fully saturated rings. The van der Waals surface area contributed by atoms with Crippen molar-refractivity contribution in [3.8, 4) is 0 Å². The van der Waals surface area contributed by atoms with Crippen LogP contribution in [-0.2, 0) is 9.53 Å². The van der Waals surface area contributed by atoms with Crippen molar-refractivity contribution < 1.29 is 19.7 Å². The van der Waals surface area contributed by atoms with Gasteiger partial charge in [0.25, 0.3) is 0 Å². The van der Waals surface area contributed by atoms with Crippen LogP contribution in [0.25, 0.3) is 0 Å². The summed E-state index contributed by atoms with van der Waals surface area (Å²) in [6.45, 7) is 4.26. The van der Waals surface area contributed by atoms with Gasteiger partial charge in [0.2, 0.25) is 5.91 Å². The van der Waals surface area contributed by atoms with Crippen molar-refractivity contribution >= 4 is 5.91 Å². The van der Waals surface area contributed by atoms with Crippen LogP contribution in [0.4, 0.5) is 0 Å². The first-order valence-electron chi connectivity index (χ1n) is 18.7. The summed E-state index contributed by atoms with van der Waals surface area (Å²) in [4.78, 5) is 12.3. The van der Waals surface area contributed by atoms with Gasteiger partial charge in [0, 0.05) is 6.42 Å². The quantitative estimate of drug-likeness (QED) is 0.0405. The minimum absolute atomic E-state index is 0.0822. The van der Waals surface area contributed by atoms with Gasteiger partial charge in [0.05, 0.1) is 31.0 Å². The van der Waals surface area contributed by atoms with Crippen LogP contribution < -0.4 is 5.32 Å². The van der Waals surface area contributed by atoms with E-state index in [1.165, 1.54) is 116 Å². The van der Waals surface area contributed by atoms with E-state index in [9.17, 15) is 15.0 Å². The van der Waals surface area contributed by atoms with Crippen molar-refractivity contribution in [2.75, 3.05) is 6.61 Å². The highest BCUT2D eigenvalue weighted by Gasteiger charge is 2.36. The molecule has 1 heterocycles. The molecule has 0 aromatic rings. The Morgan fingerprint density at radius 3 is 1.77 bits per heavy atom. The van der Waals surface area contributed by atoms with E-state index >= 15 is 0 Å². The molecular weight excluding hydrogens is 534 g/mol. The molecule has 0 bridgehead atoms. The SMILES string of the molecule is CCCCCCCCCCCCCCC/C=C/[C@@H](O)[C@H](CO)NC(=O)CCCCCCC/C=C\CC1OC1CCCCC. The van der Waals surface area contributed by atoms with E-state index < -0.39 is 12.1 Å². The number of carbonyl (C=O) groups excluding carboxylic acids is 1. The third kappa shape index (κ3) is 24.8. The normalized spacial score (nSPS) is 18.0. The number of rotatable bonds is 32. The Bertz CT molecular complexity index is 679. The number of nitrogens with one attached hydrogen (secondary N) is 1. The van der Waals surface area contributed by atoms with E-state index in [-0.39, 0.29) is 12.5 Å². The fourth-order valence-corrected chi connectivity index (χ4v) is 5.83. The summed E-state index contributed by atoms with van der Waals surface area (Å²) in [6, 6.07) is -0.630. The van der Waals surface area contributed by atoms with Gasteiger partial charge in [-0.3, -0.25) is 4.79 Å². The Kier molecular flexibility index (Phi) is 27.4. The number of unbranched alkanes of at least 4 members (excludes halogenated alkanes) is 20. The Morgan fingerprint density at radius 2 is 1.19 bits per heavy atom. The standard InChI is InChI=1S/C38H71NO4/c1-3-5-7-8-9-10-11-12-13-14-15-16-19-22-26-29-35(41)34(33-40)39-38(42)32-28-24-21-18-17-20-23-27-31-37-36(43-37)30-25-6-4-2/h23,26-27,29,34-37,40-41H,3-22,24-25,28,30-33H2,1-2H3,(H,39,42)/b27-23-,29-26+/t34-,35+,36?,37?/m0/s1. The van der Waals surface area contributed by atoms with Crippen molar-refractivity contribution in [2.24, 2.45) is 0 Å². The fourth-order valence-electron chi connectivity index (χ4n) is 5.83. The molecule has 5 nitrogen and oxygen atoms in total. The number of epoxide rings is 1. The first-order valence-corrected chi connectivity index (χ1v) is 18.7. The van der Waals surface area contributed by atoms with Crippen LogP contribution >= 0.6 is 0 Å². The van der Waals surface area contributed by atoms with Gasteiger partial charge in [-0.1, -0.05) is 154 Å². The number of hydrogen-bond acceptors (Lipinski definition) is 4. The second-order valence-corrected chi connectivity index (χ2v) is 13.0. The number of amides is 1. The lowest BCUT2D eigenvalue weighted by molar-refractivity contribution is -0.123. The maximum absolute atomic E-state index is 12.3. The van der Waals surface area contributed by atoms with Crippen molar-refractivity contribution in [1.82, 2.24) is 5.32 Å². The first kappa shape index (κ1) is 39.9. The lowest BCUT2D eigenvalue weighted by Crippen LogP contribution is -2.45. The van der Waals surface area contributed by atoms with Crippen molar-refractivity contribution in [3.05, 3.63) is 24.3 Å². The smallest absolute Gasteiger partial charge is 0.220 e. The molecule has 43 heavy (non-hydrogen) atoms. The van der Waals surface area contributed by atoms with Gasteiger partial charge in [0.15, 0.2) is 0 Å². The molecule has 0 aromatic carbocycles. The van der Waals surface area contributed by atoms with Crippen LogP contribution in [0.3, 0.4) is 0 Å². The zero-order valence-corrected chi connectivity index (χ0v) is 28.4. The van der Waals surface area contributed by atoms with E-state index in [1.54, 1.807) is 6.08 Å². The van der Waals surface area contributed by atoms with Gasteiger partial charge in [-0.2, -0.15) is 0 Å². The largest absolute Gasteiger partial charge is 0.394 e. The molecule has 0 radical (unpaired) electrons. The van der Waals surface area contributed by atoms with Gasteiger partial charge >= 0.3 is 0 Å². The summed E-state index contributed by atoms with van der Waals surface area (Å²) in [5, 5.41) is 22.9. The molecule has 5 heteroatoms. The lowest BCUT2D eigenvalue weighted by atomic mass is 10.0. The Hall–Kier alpha value is -1.17. The molecule has 1 saturated heterocycles. The highest BCUT2D eigenvalue weighted by molar-refractivity contribution is 5.76.